The van der Waals surface area contributed by atoms with Crippen molar-refractivity contribution in [3.8, 4) is 11.7 Å². The molecule has 2 aliphatic rings. The first-order valence-corrected chi connectivity index (χ1v) is 10.1. The average molecular weight is 425 g/mol. The highest BCUT2D eigenvalue weighted by molar-refractivity contribution is 5.78. The molecule has 0 aromatic carbocycles. The fraction of sp³-hybridized carbons (Fsp3) is 0.400. The molecule has 160 valence electrons. The summed E-state index contributed by atoms with van der Waals surface area (Å²) in [6.45, 7) is 1.43. The number of piperidine rings is 1. The van der Waals surface area contributed by atoms with E-state index in [4.69, 9.17) is 9.25 Å². The van der Waals surface area contributed by atoms with Crippen molar-refractivity contribution in [3.05, 3.63) is 48.8 Å². The van der Waals surface area contributed by atoms with Crippen LogP contribution in [0.15, 0.2) is 41.7 Å². The van der Waals surface area contributed by atoms with Gasteiger partial charge in [0, 0.05) is 37.8 Å². The van der Waals surface area contributed by atoms with E-state index in [-0.39, 0.29) is 35.4 Å². The molecule has 3 aromatic heterocycles. The summed E-state index contributed by atoms with van der Waals surface area (Å²) < 4.78 is 19.6. The smallest absolute Gasteiger partial charge is 0.264 e. The first kappa shape index (κ1) is 19.5. The zero-order valence-electron chi connectivity index (χ0n) is 16.6. The summed E-state index contributed by atoms with van der Waals surface area (Å²) in [7, 11) is 0. The number of aromatic nitrogens is 5. The highest BCUT2D eigenvalue weighted by atomic mass is 19.1. The molecule has 0 spiro atoms. The highest BCUT2D eigenvalue weighted by Crippen LogP contribution is 2.33. The van der Waals surface area contributed by atoms with Gasteiger partial charge in [0.2, 0.25) is 11.7 Å². The number of rotatable bonds is 4. The Hall–Kier alpha value is -3.47. The summed E-state index contributed by atoms with van der Waals surface area (Å²) in [5, 5.41) is 1.44. The number of hydrogen-bond acceptors (Lipinski definition) is 9. The Kier molecular flexibility index (Phi) is 5.24. The van der Waals surface area contributed by atoms with Crippen LogP contribution in [0.2, 0.25) is 0 Å². The van der Waals surface area contributed by atoms with Crippen molar-refractivity contribution in [2.45, 2.75) is 25.3 Å². The molecule has 0 saturated carbocycles. The maximum atomic E-state index is 14.4. The second-order valence-corrected chi connectivity index (χ2v) is 7.40. The lowest BCUT2D eigenvalue weighted by Gasteiger charge is -2.34. The summed E-state index contributed by atoms with van der Waals surface area (Å²) >= 11 is 0. The minimum atomic E-state index is -0.523. The van der Waals surface area contributed by atoms with Crippen molar-refractivity contribution in [2.75, 3.05) is 24.6 Å². The molecule has 2 saturated heterocycles. The molecule has 0 bridgehead atoms. The molecular weight excluding hydrogens is 405 g/mol. The van der Waals surface area contributed by atoms with Crippen LogP contribution >= 0.6 is 0 Å². The number of oxazole rings is 1. The summed E-state index contributed by atoms with van der Waals surface area (Å²) in [6.07, 6.45) is 10.7. The lowest BCUT2D eigenvalue weighted by molar-refractivity contribution is -0.182. The third-order valence-corrected chi connectivity index (χ3v) is 5.54. The van der Waals surface area contributed by atoms with E-state index in [1.807, 2.05) is 4.90 Å². The number of hydrogen-bond donors (Lipinski definition) is 0. The summed E-state index contributed by atoms with van der Waals surface area (Å²) in [5.74, 6) is -0.180. The normalized spacial score (nSPS) is 19.7. The number of amides is 1. The summed E-state index contributed by atoms with van der Waals surface area (Å²) in [4.78, 5) is 41.2. The van der Waals surface area contributed by atoms with Gasteiger partial charge in [-0.2, -0.15) is 0 Å². The van der Waals surface area contributed by atoms with E-state index in [1.54, 1.807) is 18.6 Å². The van der Waals surface area contributed by atoms with Crippen LogP contribution in [0, 0.1) is 11.7 Å². The van der Waals surface area contributed by atoms with E-state index in [2.05, 4.69) is 24.9 Å². The van der Waals surface area contributed by atoms with Crippen molar-refractivity contribution in [1.82, 2.24) is 30.0 Å². The predicted octanol–water partition coefficient (Wildman–Crippen LogP) is 2.18. The van der Waals surface area contributed by atoms with Gasteiger partial charge >= 0.3 is 0 Å². The van der Waals surface area contributed by atoms with Crippen LogP contribution in [0.3, 0.4) is 0 Å². The molecule has 1 amide bonds. The monoisotopic (exact) mass is 425 g/mol. The van der Waals surface area contributed by atoms with Crippen molar-refractivity contribution < 1.29 is 18.4 Å². The minimum Gasteiger partial charge on any atom is -0.442 e. The number of anilines is 1. The molecule has 31 heavy (non-hydrogen) atoms. The molecule has 1 atom stereocenters. The molecule has 0 N–H and O–H groups in total. The molecule has 0 aliphatic carbocycles. The van der Waals surface area contributed by atoms with Crippen LogP contribution in [-0.4, -0.2) is 55.6 Å². The lowest BCUT2D eigenvalue weighted by atomic mass is 9.95. The van der Waals surface area contributed by atoms with Gasteiger partial charge in [-0.25, -0.2) is 24.4 Å². The molecule has 5 heterocycles. The standard InChI is InChI=1S/C20H20FN7O3/c21-14-11-25-17(19-24-6-10-30-19)26-18(14)27-7-1-13(2-8-27)20(29)28-16(3-9-31-28)15-12-22-4-5-23-15/h4-6,10-13,16H,1-3,7-9H2/t16-/m0/s1. The molecule has 2 fully saturated rings. The number of nitrogens with zero attached hydrogens (tertiary/aromatic N) is 7. The van der Waals surface area contributed by atoms with E-state index < -0.39 is 5.82 Å². The van der Waals surface area contributed by atoms with Gasteiger partial charge in [-0.3, -0.25) is 19.6 Å². The zero-order chi connectivity index (χ0) is 21.2. The Morgan fingerprint density at radius 2 is 1.94 bits per heavy atom. The first-order chi connectivity index (χ1) is 15.2. The summed E-state index contributed by atoms with van der Waals surface area (Å²) in [6, 6.07) is -0.234. The Balaban J connectivity index is 1.26. The maximum Gasteiger partial charge on any atom is 0.264 e. The third-order valence-electron chi connectivity index (χ3n) is 5.54. The second kappa shape index (κ2) is 8.34. The van der Waals surface area contributed by atoms with Gasteiger partial charge in [0.05, 0.1) is 30.9 Å². The second-order valence-electron chi connectivity index (χ2n) is 7.40. The van der Waals surface area contributed by atoms with Crippen LogP contribution in [0.5, 0.6) is 0 Å². The quantitative estimate of drug-likeness (QED) is 0.621. The molecule has 2 aliphatic heterocycles. The van der Waals surface area contributed by atoms with E-state index in [9.17, 15) is 9.18 Å². The van der Waals surface area contributed by atoms with Gasteiger partial charge < -0.3 is 9.32 Å². The van der Waals surface area contributed by atoms with Crippen molar-refractivity contribution in [3.63, 3.8) is 0 Å². The lowest BCUT2D eigenvalue weighted by Crippen LogP contribution is -2.42. The Labute approximate surface area is 177 Å². The van der Waals surface area contributed by atoms with E-state index in [1.165, 1.54) is 17.5 Å². The fourth-order valence-electron chi connectivity index (χ4n) is 3.97. The number of carbonyl (C=O) groups excluding carboxylic acids is 1. The molecule has 0 unspecified atom stereocenters. The van der Waals surface area contributed by atoms with E-state index in [0.29, 0.717) is 44.7 Å². The van der Waals surface area contributed by atoms with E-state index in [0.717, 1.165) is 6.20 Å². The number of hydroxylamine groups is 2. The first-order valence-electron chi connectivity index (χ1n) is 10.1. The van der Waals surface area contributed by atoms with Crippen molar-refractivity contribution >= 4 is 11.7 Å². The van der Waals surface area contributed by atoms with Crippen LogP contribution in [-0.2, 0) is 9.63 Å². The zero-order valence-corrected chi connectivity index (χ0v) is 16.6. The van der Waals surface area contributed by atoms with Crippen molar-refractivity contribution in [2.24, 2.45) is 5.92 Å². The molecule has 3 aromatic rings. The van der Waals surface area contributed by atoms with Crippen LogP contribution in [0.1, 0.15) is 31.0 Å². The van der Waals surface area contributed by atoms with Crippen LogP contribution in [0.4, 0.5) is 10.2 Å². The molecular formula is C20H20FN7O3. The number of halogens is 1. The molecule has 5 rings (SSSR count). The Morgan fingerprint density at radius 3 is 2.68 bits per heavy atom. The van der Waals surface area contributed by atoms with Crippen LogP contribution in [0.25, 0.3) is 11.7 Å². The fourth-order valence-corrected chi connectivity index (χ4v) is 3.97. The summed E-state index contributed by atoms with van der Waals surface area (Å²) in [5.41, 5.74) is 0.716. The Morgan fingerprint density at radius 1 is 1.06 bits per heavy atom. The van der Waals surface area contributed by atoms with Gasteiger partial charge in [-0.1, -0.05) is 0 Å². The highest BCUT2D eigenvalue weighted by Gasteiger charge is 2.38. The van der Waals surface area contributed by atoms with Gasteiger partial charge in [0.25, 0.3) is 5.89 Å². The topological polar surface area (TPSA) is 110 Å². The van der Waals surface area contributed by atoms with Gasteiger partial charge in [0.15, 0.2) is 11.6 Å². The van der Waals surface area contributed by atoms with Crippen molar-refractivity contribution in [1.29, 1.82) is 0 Å². The minimum absolute atomic E-state index is 0.0727. The SMILES string of the molecule is O=C(C1CCN(c2nc(-c3ncco3)ncc2F)CC1)N1OCC[C@H]1c1cnccn1. The largest absolute Gasteiger partial charge is 0.442 e. The molecule has 0 radical (unpaired) electrons. The van der Waals surface area contributed by atoms with Gasteiger partial charge in [0.1, 0.15) is 12.3 Å². The molecule has 10 nitrogen and oxygen atoms in total. The maximum absolute atomic E-state index is 14.4. The number of carbonyl (C=O) groups is 1. The Bertz CT molecular complexity index is 1040. The molecule has 11 heteroatoms. The van der Waals surface area contributed by atoms with Gasteiger partial charge in [-0.05, 0) is 12.8 Å². The average Bonchev–Trinajstić information content (AvgIpc) is 3.52. The van der Waals surface area contributed by atoms with Crippen LogP contribution < -0.4 is 4.90 Å². The predicted molar refractivity (Wildman–Crippen MR) is 105 cm³/mol. The third kappa shape index (κ3) is 3.83. The van der Waals surface area contributed by atoms with E-state index >= 15 is 0 Å². The van der Waals surface area contributed by atoms with Gasteiger partial charge in [-0.15, -0.1) is 0 Å².